The lowest BCUT2D eigenvalue weighted by molar-refractivity contribution is -0.142. The standard InChI is InChI=1S/C22H30F3N3O2/c1-2-4-20(29)28-10-3-5-18(16-28)21(30)27-13-11-26(12-14-27)15-17-6-8-19(9-7-17)22(23,24)25/h6-9,18H,2-5,10-16H2,1H3. The largest absolute Gasteiger partial charge is 0.416 e. The molecule has 8 heteroatoms. The predicted octanol–water partition coefficient (Wildman–Crippen LogP) is 3.39. The van der Waals surface area contributed by atoms with Crippen molar-refractivity contribution in [2.75, 3.05) is 39.3 Å². The molecule has 0 N–H and O–H groups in total. The van der Waals surface area contributed by atoms with Crippen molar-refractivity contribution in [3.63, 3.8) is 0 Å². The first-order chi connectivity index (χ1) is 14.3. The first kappa shape index (κ1) is 22.6. The molecule has 2 fully saturated rings. The smallest absolute Gasteiger partial charge is 0.342 e. The third-order valence-electron chi connectivity index (χ3n) is 5.96. The number of hydrogen-bond donors (Lipinski definition) is 0. The van der Waals surface area contributed by atoms with Crippen molar-refractivity contribution in [3.05, 3.63) is 35.4 Å². The molecule has 1 unspecified atom stereocenters. The average Bonchev–Trinajstić information content (AvgIpc) is 2.74. The molecular weight excluding hydrogens is 395 g/mol. The van der Waals surface area contributed by atoms with Gasteiger partial charge in [0.1, 0.15) is 0 Å². The number of hydrogen-bond acceptors (Lipinski definition) is 3. The van der Waals surface area contributed by atoms with Crippen LogP contribution in [0.5, 0.6) is 0 Å². The van der Waals surface area contributed by atoms with Crippen molar-refractivity contribution >= 4 is 11.8 Å². The number of alkyl halides is 3. The first-order valence-corrected chi connectivity index (χ1v) is 10.7. The number of halogens is 3. The van der Waals surface area contributed by atoms with E-state index in [4.69, 9.17) is 0 Å². The minimum atomic E-state index is -4.32. The van der Waals surface area contributed by atoms with E-state index in [2.05, 4.69) is 4.90 Å². The first-order valence-electron chi connectivity index (χ1n) is 10.7. The Morgan fingerprint density at radius 2 is 1.67 bits per heavy atom. The van der Waals surface area contributed by atoms with Gasteiger partial charge in [-0.25, -0.2) is 0 Å². The third kappa shape index (κ3) is 5.74. The Hall–Kier alpha value is -2.09. The van der Waals surface area contributed by atoms with Gasteiger partial charge in [-0.05, 0) is 37.0 Å². The molecule has 0 aliphatic carbocycles. The molecule has 2 amide bonds. The van der Waals surface area contributed by atoms with Crippen LogP contribution in [0.3, 0.4) is 0 Å². The van der Waals surface area contributed by atoms with E-state index in [0.29, 0.717) is 45.7 Å². The number of carbonyl (C=O) groups excluding carboxylic acids is 2. The van der Waals surface area contributed by atoms with Crippen LogP contribution in [0.25, 0.3) is 0 Å². The van der Waals surface area contributed by atoms with E-state index in [1.54, 1.807) is 0 Å². The molecule has 0 aromatic heterocycles. The van der Waals surface area contributed by atoms with E-state index in [0.717, 1.165) is 43.5 Å². The highest BCUT2D eigenvalue weighted by atomic mass is 19.4. The maximum atomic E-state index is 12.9. The van der Waals surface area contributed by atoms with Gasteiger partial charge in [0.2, 0.25) is 11.8 Å². The SMILES string of the molecule is CCCC(=O)N1CCCC(C(=O)N2CCN(Cc3ccc(C(F)(F)F)cc3)CC2)C1. The summed E-state index contributed by atoms with van der Waals surface area (Å²) in [6, 6.07) is 5.27. The monoisotopic (exact) mass is 425 g/mol. The highest BCUT2D eigenvalue weighted by molar-refractivity contribution is 5.81. The summed E-state index contributed by atoms with van der Waals surface area (Å²) in [4.78, 5) is 31.0. The summed E-state index contributed by atoms with van der Waals surface area (Å²) in [6.07, 6.45) is -1.29. The average molecular weight is 425 g/mol. The lowest BCUT2D eigenvalue weighted by Crippen LogP contribution is -2.52. The van der Waals surface area contributed by atoms with Crippen molar-refractivity contribution in [3.8, 4) is 0 Å². The minimum absolute atomic E-state index is 0.123. The van der Waals surface area contributed by atoms with Crippen molar-refractivity contribution < 1.29 is 22.8 Å². The number of piperidine rings is 1. The molecular formula is C22H30F3N3O2. The number of rotatable bonds is 5. The Morgan fingerprint density at radius 1 is 1.00 bits per heavy atom. The number of likely N-dealkylation sites (tertiary alicyclic amines) is 1. The van der Waals surface area contributed by atoms with E-state index >= 15 is 0 Å². The van der Waals surface area contributed by atoms with Gasteiger partial charge in [-0.3, -0.25) is 14.5 Å². The molecule has 3 rings (SSSR count). The lowest BCUT2D eigenvalue weighted by Gasteiger charge is -2.39. The van der Waals surface area contributed by atoms with E-state index in [9.17, 15) is 22.8 Å². The topological polar surface area (TPSA) is 43.9 Å². The van der Waals surface area contributed by atoms with Gasteiger partial charge in [0, 0.05) is 52.2 Å². The van der Waals surface area contributed by atoms with Gasteiger partial charge in [0.15, 0.2) is 0 Å². The van der Waals surface area contributed by atoms with Crippen molar-refractivity contribution in [1.82, 2.24) is 14.7 Å². The molecule has 30 heavy (non-hydrogen) atoms. The second-order valence-corrected chi connectivity index (χ2v) is 8.23. The highest BCUT2D eigenvalue weighted by Crippen LogP contribution is 2.29. The second kappa shape index (κ2) is 9.81. The van der Waals surface area contributed by atoms with Crippen molar-refractivity contribution in [2.24, 2.45) is 5.92 Å². The normalized spacial score (nSPS) is 21.0. The van der Waals surface area contributed by atoms with Crippen LogP contribution in [0.2, 0.25) is 0 Å². The predicted molar refractivity (Wildman–Crippen MR) is 108 cm³/mol. The summed E-state index contributed by atoms with van der Waals surface area (Å²) in [5, 5.41) is 0. The fourth-order valence-electron chi connectivity index (χ4n) is 4.22. The molecule has 0 saturated carbocycles. The summed E-state index contributed by atoms with van der Waals surface area (Å²) in [5.74, 6) is 0.135. The third-order valence-corrected chi connectivity index (χ3v) is 5.96. The van der Waals surface area contributed by atoms with Crippen LogP contribution >= 0.6 is 0 Å². The van der Waals surface area contributed by atoms with Crippen LogP contribution in [0, 0.1) is 5.92 Å². The summed E-state index contributed by atoms with van der Waals surface area (Å²) < 4.78 is 38.1. The minimum Gasteiger partial charge on any atom is -0.342 e. The second-order valence-electron chi connectivity index (χ2n) is 8.23. The van der Waals surface area contributed by atoms with Gasteiger partial charge >= 0.3 is 6.18 Å². The van der Waals surface area contributed by atoms with Crippen LogP contribution in [0.15, 0.2) is 24.3 Å². The maximum absolute atomic E-state index is 12.9. The number of piperazine rings is 1. The fourth-order valence-corrected chi connectivity index (χ4v) is 4.22. The molecule has 5 nitrogen and oxygen atoms in total. The molecule has 1 atom stereocenters. The maximum Gasteiger partial charge on any atom is 0.416 e. The van der Waals surface area contributed by atoms with Crippen LogP contribution < -0.4 is 0 Å². The molecule has 1 aromatic rings. The molecule has 2 aliphatic rings. The van der Waals surface area contributed by atoms with Gasteiger partial charge in [0.25, 0.3) is 0 Å². The van der Waals surface area contributed by atoms with E-state index in [1.807, 2.05) is 16.7 Å². The van der Waals surface area contributed by atoms with E-state index in [1.165, 1.54) is 12.1 Å². The summed E-state index contributed by atoms with van der Waals surface area (Å²) in [5.41, 5.74) is 0.195. The number of carbonyl (C=O) groups is 2. The Bertz CT molecular complexity index is 728. The van der Waals surface area contributed by atoms with E-state index in [-0.39, 0.29) is 17.7 Å². The number of nitrogens with zero attached hydrogens (tertiary/aromatic N) is 3. The zero-order valence-electron chi connectivity index (χ0n) is 17.5. The van der Waals surface area contributed by atoms with Crippen LogP contribution in [-0.2, 0) is 22.3 Å². The summed E-state index contributed by atoms with van der Waals surface area (Å²) in [6.45, 7) is 6.41. The van der Waals surface area contributed by atoms with Crippen LogP contribution in [0.4, 0.5) is 13.2 Å². The number of benzene rings is 1. The lowest BCUT2D eigenvalue weighted by atomic mass is 9.95. The molecule has 2 aliphatic heterocycles. The number of amides is 2. The fraction of sp³-hybridized carbons (Fsp3) is 0.636. The summed E-state index contributed by atoms with van der Waals surface area (Å²) >= 11 is 0. The zero-order chi connectivity index (χ0) is 21.7. The molecule has 2 heterocycles. The molecule has 0 bridgehead atoms. The Morgan fingerprint density at radius 3 is 2.27 bits per heavy atom. The van der Waals surface area contributed by atoms with E-state index < -0.39 is 11.7 Å². The van der Waals surface area contributed by atoms with Gasteiger partial charge in [-0.15, -0.1) is 0 Å². The molecule has 166 valence electrons. The Labute approximate surface area is 175 Å². The Kier molecular flexibility index (Phi) is 7.39. The molecule has 2 saturated heterocycles. The quantitative estimate of drug-likeness (QED) is 0.727. The Balaban J connectivity index is 1.48. The molecule has 1 aromatic carbocycles. The van der Waals surface area contributed by atoms with Gasteiger partial charge in [0.05, 0.1) is 11.5 Å². The molecule has 0 spiro atoms. The van der Waals surface area contributed by atoms with Gasteiger partial charge in [-0.1, -0.05) is 19.1 Å². The van der Waals surface area contributed by atoms with Crippen molar-refractivity contribution in [2.45, 2.75) is 45.3 Å². The van der Waals surface area contributed by atoms with Gasteiger partial charge in [-0.2, -0.15) is 13.2 Å². The van der Waals surface area contributed by atoms with Crippen LogP contribution in [-0.4, -0.2) is 65.8 Å². The summed E-state index contributed by atoms with van der Waals surface area (Å²) in [7, 11) is 0. The van der Waals surface area contributed by atoms with Crippen molar-refractivity contribution in [1.29, 1.82) is 0 Å². The van der Waals surface area contributed by atoms with Gasteiger partial charge < -0.3 is 9.80 Å². The highest BCUT2D eigenvalue weighted by Gasteiger charge is 2.33. The van der Waals surface area contributed by atoms with Crippen LogP contribution in [0.1, 0.15) is 43.7 Å². The molecule has 0 radical (unpaired) electrons. The zero-order valence-corrected chi connectivity index (χ0v) is 17.5.